The molecule has 1 rings (SSSR count). The van der Waals surface area contributed by atoms with Crippen LogP contribution >= 0.6 is 0 Å². The van der Waals surface area contributed by atoms with Crippen LogP contribution in [0.4, 0.5) is 5.69 Å². The van der Waals surface area contributed by atoms with Crippen LogP contribution in [0.15, 0.2) is 56.7 Å². The van der Waals surface area contributed by atoms with E-state index in [1.54, 1.807) is 6.08 Å². The third-order valence-corrected chi connectivity index (χ3v) is 1.08. The van der Waals surface area contributed by atoms with E-state index in [4.69, 9.17) is 10.5 Å². The number of hydrogen-bond acceptors (Lipinski definition) is 2. The molecular formula is C14H21NO. The Morgan fingerprint density at radius 3 is 1.69 bits per heavy atom. The van der Waals surface area contributed by atoms with E-state index >= 15 is 0 Å². The van der Waals surface area contributed by atoms with Crippen LogP contribution in [0.5, 0.6) is 0 Å². The molecule has 1 aromatic rings. The number of allylic oxidation sites excluding steroid dienone is 1. The summed E-state index contributed by atoms with van der Waals surface area (Å²) in [6, 6.07) is 7.79. The number of benzene rings is 1. The molecule has 0 atom stereocenters. The standard InChI is InChI=1S/C7H9N.C3H6.C2H2O.C2H4/c1-6-2-4-7(8)5-3-6;1-3-2;1-2-3;1-2/h2-5H,8H2,1H3;3H,1H2,2H3;1H2;1-2H2. The molecule has 2 N–H and O–H groups in total. The van der Waals surface area contributed by atoms with Gasteiger partial charge in [0.15, 0.2) is 0 Å². The minimum Gasteiger partial charge on any atom is -0.399 e. The highest BCUT2D eigenvalue weighted by molar-refractivity contribution is 5.39. The van der Waals surface area contributed by atoms with Gasteiger partial charge in [-0.1, -0.05) is 23.8 Å². The summed E-state index contributed by atoms with van der Waals surface area (Å²) in [5.41, 5.74) is 7.51. The molecule has 16 heavy (non-hydrogen) atoms. The molecule has 2 nitrogen and oxygen atoms in total. The zero-order valence-corrected chi connectivity index (χ0v) is 10.2. The Balaban J connectivity index is -0.000000179. The van der Waals surface area contributed by atoms with Crippen LogP contribution in [-0.2, 0) is 4.79 Å². The summed E-state index contributed by atoms with van der Waals surface area (Å²) >= 11 is 0. The van der Waals surface area contributed by atoms with Gasteiger partial charge in [-0.2, -0.15) is 0 Å². The lowest BCUT2D eigenvalue weighted by Crippen LogP contribution is -1.81. The van der Waals surface area contributed by atoms with Crippen LogP contribution in [0, 0.1) is 6.92 Å². The Kier molecular flexibility index (Phi) is 22.8. The Hall–Kier alpha value is -2.05. The maximum atomic E-state index is 8.57. The van der Waals surface area contributed by atoms with Crippen molar-refractivity contribution in [2.75, 3.05) is 5.73 Å². The minimum atomic E-state index is 0.829. The van der Waals surface area contributed by atoms with Crippen molar-refractivity contribution in [3.05, 3.63) is 62.2 Å². The molecule has 0 unspecified atom stereocenters. The number of aryl methyl sites for hydroxylation is 1. The van der Waals surface area contributed by atoms with Crippen LogP contribution in [0.25, 0.3) is 0 Å². The Morgan fingerprint density at radius 2 is 1.50 bits per heavy atom. The molecule has 1 aromatic carbocycles. The number of nitrogen functional groups attached to an aromatic ring is 1. The van der Waals surface area contributed by atoms with E-state index in [0.29, 0.717) is 0 Å². The van der Waals surface area contributed by atoms with Gasteiger partial charge in [0.25, 0.3) is 0 Å². The van der Waals surface area contributed by atoms with Gasteiger partial charge >= 0.3 is 0 Å². The average molecular weight is 219 g/mol. The molecular weight excluding hydrogens is 198 g/mol. The monoisotopic (exact) mass is 219 g/mol. The van der Waals surface area contributed by atoms with E-state index in [9.17, 15) is 0 Å². The number of carbonyl (C=O) groups excluding carboxylic acids is 1. The summed E-state index contributed by atoms with van der Waals surface area (Å²) in [7, 11) is 0. The van der Waals surface area contributed by atoms with Gasteiger partial charge in [-0.3, -0.25) is 0 Å². The SMILES string of the molecule is C=C.C=C=O.C=CC.Cc1ccc(N)cc1. The average Bonchev–Trinajstić information content (AvgIpc) is 2.28. The molecule has 0 fully saturated rings. The molecule has 0 bridgehead atoms. The van der Waals surface area contributed by atoms with Gasteiger partial charge in [0.2, 0.25) is 0 Å². The predicted octanol–water partition coefficient (Wildman–Crippen LogP) is 3.58. The Labute approximate surface area is 98.8 Å². The molecule has 0 aliphatic rings. The van der Waals surface area contributed by atoms with Gasteiger partial charge in [0.05, 0.1) is 0 Å². The third-order valence-electron chi connectivity index (χ3n) is 1.08. The first-order valence-corrected chi connectivity index (χ1v) is 4.65. The fourth-order valence-electron chi connectivity index (χ4n) is 0.566. The predicted molar refractivity (Wildman–Crippen MR) is 74.0 cm³/mol. The van der Waals surface area contributed by atoms with E-state index in [1.807, 2.05) is 38.1 Å². The van der Waals surface area contributed by atoms with Crippen LogP contribution in [-0.4, -0.2) is 5.94 Å². The number of hydrogen-bond donors (Lipinski definition) is 1. The van der Waals surface area contributed by atoms with E-state index in [2.05, 4.69) is 26.3 Å². The minimum absolute atomic E-state index is 0.829. The molecule has 0 aliphatic carbocycles. The first-order chi connectivity index (χ1) is 7.62. The summed E-state index contributed by atoms with van der Waals surface area (Å²) in [4.78, 5) is 8.57. The second-order valence-corrected chi connectivity index (χ2v) is 2.46. The number of rotatable bonds is 0. The summed E-state index contributed by atoms with van der Waals surface area (Å²) in [6.07, 6.45) is 1.75. The van der Waals surface area contributed by atoms with Crippen molar-refractivity contribution >= 4 is 11.6 Å². The second kappa shape index (κ2) is 18.7. The highest BCUT2D eigenvalue weighted by Crippen LogP contribution is 2.02. The molecule has 88 valence electrons. The van der Waals surface area contributed by atoms with E-state index in [-0.39, 0.29) is 0 Å². The van der Waals surface area contributed by atoms with E-state index in [0.717, 1.165) is 5.69 Å². The van der Waals surface area contributed by atoms with Crippen LogP contribution in [0.1, 0.15) is 12.5 Å². The lowest BCUT2D eigenvalue weighted by Gasteiger charge is -1.90. The van der Waals surface area contributed by atoms with Crippen molar-refractivity contribution in [2.45, 2.75) is 13.8 Å². The smallest absolute Gasteiger partial charge is 0.116 e. The Bertz CT molecular complexity index is 261. The van der Waals surface area contributed by atoms with Crippen molar-refractivity contribution in [2.24, 2.45) is 0 Å². The second-order valence-electron chi connectivity index (χ2n) is 2.46. The summed E-state index contributed by atoms with van der Waals surface area (Å²) in [5, 5.41) is 0. The summed E-state index contributed by atoms with van der Waals surface area (Å²) in [6.45, 7) is 16.0. The molecule has 0 aliphatic heterocycles. The number of nitrogens with two attached hydrogens (primary N) is 1. The largest absolute Gasteiger partial charge is 0.399 e. The van der Waals surface area contributed by atoms with Gasteiger partial charge in [0.1, 0.15) is 5.94 Å². The lowest BCUT2D eigenvalue weighted by atomic mass is 10.2. The van der Waals surface area contributed by atoms with Gasteiger partial charge in [-0.05, 0) is 32.6 Å². The summed E-state index contributed by atoms with van der Waals surface area (Å²) < 4.78 is 0. The van der Waals surface area contributed by atoms with Crippen molar-refractivity contribution in [3.63, 3.8) is 0 Å². The highest BCUT2D eigenvalue weighted by Gasteiger charge is 1.80. The zero-order chi connectivity index (χ0) is 13.4. The number of anilines is 1. The van der Waals surface area contributed by atoms with Gasteiger partial charge < -0.3 is 5.73 Å². The zero-order valence-electron chi connectivity index (χ0n) is 10.2. The normalized spacial score (nSPS) is 6.12. The first-order valence-electron chi connectivity index (χ1n) is 4.65. The molecule has 0 radical (unpaired) electrons. The first kappa shape index (κ1) is 19.5. The van der Waals surface area contributed by atoms with Crippen LogP contribution in [0.2, 0.25) is 0 Å². The fourth-order valence-corrected chi connectivity index (χ4v) is 0.566. The summed E-state index contributed by atoms with van der Waals surface area (Å²) in [5.74, 6) is 1.25. The van der Waals surface area contributed by atoms with Gasteiger partial charge in [-0.15, -0.1) is 19.7 Å². The van der Waals surface area contributed by atoms with E-state index < -0.39 is 0 Å². The fraction of sp³-hybridized carbons (Fsp3) is 0.143. The molecule has 0 aromatic heterocycles. The highest BCUT2D eigenvalue weighted by atomic mass is 16.1. The molecule has 0 heterocycles. The van der Waals surface area contributed by atoms with Crippen LogP contribution in [0.3, 0.4) is 0 Å². The molecule has 2 heteroatoms. The van der Waals surface area contributed by atoms with Crippen LogP contribution < -0.4 is 5.73 Å². The Morgan fingerprint density at radius 1 is 1.25 bits per heavy atom. The molecule has 0 saturated carbocycles. The molecule has 0 saturated heterocycles. The van der Waals surface area contributed by atoms with Crippen molar-refractivity contribution in [3.8, 4) is 0 Å². The quantitative estimate of drug-likeness (QED) is 0.412. The van der Waals surface area contributed by atoms with E-state index in [1.165, 1.54) is 11.5 Å². The van der Waals surface area contributed by atoms with Crippen molar-refractivity contribution in [1.82, 2.24) is 0 Å². The maximum Gasteiger partial charge on any atom is 0.116 e. The maximum absolute atomic E-state index is 8.57. The third kappa shape index (κ3) is 22.7. The van der Waals surface area contributed by atoms with Crippen molar-refractivity contribution < 1.29 is 4.79 Å². The molecule has 0 amide bonds. The van der Waals surface area contributed by atoms with Crippen molar-refractivity contribution in [1.29, 1.82) is 0 Å². The van der Waals surface area contributed by atoms with Gasteiger partial charge in [0, 0.05) is 5.69 Å². The lowest BCUT2D eigenvalue weighted by molar-refractivity contribution is 0.569. The topological polar surface area (TPSA) is 43.1 Å². The molecule has 0 spiro atoms. The van der Waals surface area contributed by atoms with Gasteiger partial charge in [-0.25, -0.2) is 4.79 Å².